The summed E-state index contributed by atoms with van der Waals surface area (Å²) < 4.78 is 15.3. The summed E-state index contributed by atoms with van der Waals surface area (Å²) in [5, 5.41) is 0. The van der Waals surface area contributed by atoms with Crippen LogP contribution in [0.1, 0.15) is 32.6 Å². The maximum Gasteiger partial charge on any atom is 0.330 e. The van der Waals surface area contributed by atoms with Crippen molar-refractivity contribution in [3.63, 3.8) is 0 Å². The lowest BCUT2D eigenvalue weighted by Gasteiger charge is -2.06. The SMILES string of the molecule is C=CC(=O)OCCOCCOCCCCCC(C)=O. The molecule has 0 heterocycles. The average Bonchev–Trinajstić information content (AvgIpc) is 2.39. The van der Waals surface area contributed by atoms with Crippen LogP contribution < -0.4 is 0 Å². The van der Waals surface area contributed by atoms with Crippen LogP contribution in [0.3, 0.4) is 0 Å². The predicted molar refractivity (Wildman–Crippen MR) is 71.9 cm³/mol. The summed E-state index contributed by atoms with van der Waals surface area (Å²) in [6.07, 6.45) is 4.69. The maximum absolute atomic E-state index is 10.7. The van der Waals surface area contributed by atoms with Gasteiger partial charge in [-0.15, -0.1) is 0 Å². The molecule has 0 rings (SSSR count). The van der Waals surface area contributed by atoms with Gasteiger partial charge >= 0.3 is 5.97 Å². The number of hydrogen-bond acceptors (Lipinski definition) is 5. The Morgan fingerprint density at radius 1 is 0.947 bits per heavy atom. The minimum atomic E-state index is -0.439. The van der Waals surface area contributed by atoms with Crippen molar-refractivity contribution < 1.29 is 23.8 Å². The molecule has 5 nitrogen and oxygen atoms in total. The van der Waals surface area contributed by atoms with E-state index in [1.54, 1.807) is 6.92 Å². The zero-order chi connectivity index (χ0) is 14.3. The van der Waals surface area contributed by atoms with Gasteiger partial charge in [0.05, 0.1) is 19.8 Å². The van der Waals surface area contributed by atoms with Gasteiger partial charge < -0.3 is 19.0 Å². The summed E-state index contributed by atoms with van der Waals surface area (Å²) in [7, 11) is 0. The Labute approximate surface area is 114 Å². The number of ether oxygens (including phenoxy) is 3. The van der Waals surface area contributed by atoms with Crippen molar-refractivity contribution in [2.45, 2.75) is 32.6 Å². The molecule has 0 aliphatic rings. The van der Waals surface area contributed by atoms with E-state index in [1.807, 2.05) is 0 Å². The number of Topliss-reactive ketones (excluding diaryl/α,β-unsaturated/α-hetero) is 1. The number of ketones is 1. The van der Waals surface area contributed by atoms with Crippen LogP contribution >= 0.6 is 0 Å². The fourth-order valence-electron chi connectivity index (χ4n) is 1.34. The number of unbranched alkanes of at least 4 members (excludes halogenated alkanes) is 2. The van der Waals surface area contributed by atoms with Crippen LogP contribution in [0.15, 0.2) is 12.7 Å². The molecule has 0 N–H and O–H groups in total. The number of hydrogen-bond donors (Lipinski definition) is 0. The van der Waals surface area contributed by atoms with E-state index < -0.39 is 5.97 Å². The Hall–Kier alpha value is -1.20. The van der Waals surface area contributed by atoms with Crippen LogP contribution in [0.5, 0.6) is 0 Å². The summed E-state index contributed by atoms with van der Waals surface area (Å²) in [5.74, 6) is -0.197. The Morgan fingerprint density at radius 3 is 2.21 bits per heavy atom. The van der Waals surface area contributed by atoms with Crippen LogP contribution in [0.4, 0.5) is 0 Å². The molecule has 0 aromatic rings. The van der Waals surface area contributed by atoms with E-state index in [2.05, 4.69) is 6.58 Å². The Bertz CT molecular complexity index is 263. The fourth-order valence-corrected chi connectivity index (χ4v) is 1.34. The lowest BCUT2D eigenvalue weighted by Crippen LogP contribution is -2.11. The lowest BCUT2D eigenvalue weighted by atomic mass is 10.1. The molecule has 0 spiro atoms. The minimum Gasteiger partial charge on any atom is -0.460 e. The lowest BCUT2D eigenvalue weighted by molar-refractivity contribution is -0.139. The second-order valence-corrected chi connectivity index (χ2v) is 4.11. The Kier molecular flexibility index (Phi) is 12.4. The summed E-state index contributed by atoms with van der Waals surface area (Å²) in [6.45, 7) is 7.19. The van der Waals surface area contributed by atoms with Gasteiger partial charge in [-0.25, -0.2) is 4.79 Å². The first-order valence-corrected chi connectivity index (χ1v) is 6.61. The van der Waals surface area contributed by atoms with Gasteiger partial charge in [0.1, 0.15) is 12.4 Å². The average molecular weight is 272 g/mol. The highest BCUT2D eigenvalue weighted by Crippen LogP contribution is 2.00. The zero-order valence-corrected chi connectivity index (χ0v) is 11.7. The largest absolute Gasteiger partial charge is 0.460 e. The van der Waals surface area contributed by atoms with E-state index in [9.17, 15) is 9.59 Å². The third-order valence-corrected chi connectivity index (χ3v) is 2.33. The first kappa shape index (κ1) is 17.8. The van der Waals surface area contributed by atoms with Gasteiger partial charge in [0.2, 0.25) is 0 Å². The molecule has 0 atom stereocenters. The molecule has 0 unspecified atom stereocenters. The number of carbonyl (C=O) groups excluding carboxylic acids is 2. The van der Waals surface area contributed by atoms with E-state index in [-0.39, 0.29) is 12.4 Å². The molecule has 0 saturated carbocycles. The fraction of sp³-hybridized carbons (Fsp3) is 0.714. The van der Waals surface area contributed by atoms with E-state index >= 15 is 0 Å². The zero-order valence-electron chi connectivity index (χ0n) is 11.7. The van der Waals surface area contributed by atoms with Crippen molar-refractivity contribution in [1.29, 1.82) is 0 Å². The van der Waals surface area contributed by atoms with Gasteiger partial charge in [-0.1, -0.05) is 13.0 Å². The third-order valence-electron chi connectivity index (χ3n) is 2.33. The van der Waals surface area contributed by atoms with Crippen molar-refractivity contribution in [2.75, 3.05) is 33.0 Å². The Balaban J connectivity index is 3.05. The van der Waals surface area contributed by atoms with Crippen molar-refractivity contribution in [2.24, 2.45) is 0 Å². The van der Waals surface area contributed by atoms with Gasteiger partial charge in [0.15, 0.2) is 0 Å². The van der Waals surface area contributed by atoms with Gasteiger partial charge in [-0.05, 0) is 19.8 Å². The minimum absolute atomic E-state index is 0.232. The molecule has 0 bridgehead atoms. The summed E-state index contributed by atoms with van der Waals surface area (Å²) in [5.41, 5.74) is 0. The van der Waals surface area contributed by atoms with Gasteiger partial charge in [0.25, 0.3) is 0 Å². The van der Waals surface area contributed by atoms with Gasteiger partial charge in [-0.2, -0.15) is 0 Å². The second-order valence-electron chi connectivity index (χ2n) is 4.11. The number of rotatable bonds is 13. The normalized spacial score (nSPS) is 10.2. The molecule has 0 saturated heterocycles. The molecule has 0 aliphatic carbocycles. The monoisotopic (exact) mass is 272 g/mol. The molecule has 0 radical (unpaired) electrons. The molecular weight excluding hydrogens is 248 g/mol. The second kappa shape index (κ2) is 13.2. The quantitative estimate of drug-likeness (QED) is 0.291. The van der Waals surface area contributed by atoms with Crippen molar-refractivity contribution in [3.05, 3.63) is 12.7 Å². The Morgan fingerprint density at radius 2 is 1.58 bits per heavy atom. The molecule has 5 heteroatoms. The van der Waals surface area contributed by atoms with Crippen LogP contribution in [0.2, 0.25) is 0 Å². The van der Waals surface area contributed by atoms with Crippen LogP contribution in [-0.4, -0.2) is 44.8 Å². The molecule has 19 heavy (non-hydrogen) atoms. The molecule has 110 valence electrons. The first-order chi connectivity index (χ1) is 9.16. The van der Waals surface area contributed by atoms with Gasteiger partial charge in [-0.3, -0.25) is 0 Å². The molecule has 0 fully saturated rings. The van der Waals surface area contributed by atoms with Crippen LogP contribution in [0, 0.1) is 0 Å². The van der Waals surface area contributed by atoms with Crippen molar-refractivity contribution >= 4 is 11.8 Å². The van der Waals surface area contributed by atoms with Crippen LogP contribution in [-0.2, 0) is 23.8 Å². The smallest absolute Gasteiger partial charge is 0.330 e. The highest BCUT2D eigenvalue weighted by molar-refractivity contribution is 5.81. The summed E-state index contributed by atoms with van der Waals surface area (Å²) in [4.78, 5) is 21.4. The first-order valence-electron chi connectivity index (χ1n) is 6.61. The molecule has 0 aromatic carbocycles. The topological polar surface area (TPSA) is 61.8 Å². The van der Waals surface area contributed by atoms with E-state index in [0.29, 0.717) is 32.8 Å². The highest BCUT2D eigenvalue weighted by atomic mass is 16.6. The summed E-state index contributed by atoms with van der Waals surface area (Å²) >= 11 is 0. The standard InChI is InChI=1S/C14H24O5/c1-3-14(16)19-12-11-18-10-9-17-8-6-4-5-7-13(2)15/h3H,1,4-12H2,2H3. The van der Waals surface area contributed by atoms with E-state index in [1.165, 1.54) is 0 Å². The molecule has 0 amide bonds. The van der Waals surface area contributed by atoms with E-state index in [4.69, 9.17) is 14.2 Å². The summed E-state index contributed by atoms with van der Waals surface area (Å²) in [6, 6.07) is 0. The molecule has 0 aliphatic heterocycles. The number of esters is 1. The third kappa shape index (κ3) is 14.7. The maximum atomic E-state index is 10.7. The van der Waals surface area contributed by atoms with Crippen molar-refractivity contribution in [1.82, 2.24) is 0 Å². The predicted octanol–water partition coefficient (Wildman–Crippen LogP) is 1.90. The molecule has 0 aromatic heterocycles. The number of carbonyl (C=O) groups is 2. The van der Waals surface area contributed by atoms with Crippen LogP contribution in [0.25, 0.3) is 0 Å². The highest BCUT2D eigenvalue weighted by Gasteiger charge is 1.96. The van der Waals surface area contributed by atoms with Crippen molar-refractivity contribution in [3.8, 4) is 0 Å². The molecular formula is C14H24O5. The van der Waals surface area contributed by atoms with Gasteiger partial charge in [0, 0.05) is 19.1 Å². The van der Waals surface area contributed by atoms with E-state index in [0.717, 1.165) is 25.3 Å².